The third kappa shape index (κ3) is 7.71. The van der Waals surface area contributed by atoms with E-state index < -0.39 is 28.5 Å². The van der Waals surface area contributed by atoms with Crippen molar-refractivity contribution in [3.05, 3.63) is 83.4 Å². The normalized spacial score (nSPS) is 12.6. The van der Waals surface area contributed by atoms with Gasteiger partial charge in [-0.05, 0) is 68.3 Å². The quantitative estimate of drug-likeness (QED) is 0.299. The van der Waals surface area contributed by atoms with Gasteiger partial charge in [-0.3, -0.25) is 13.9 Å². The first-order chi connectivity index (χ1) is 19.5. The molecule has 2 atom stereocenters. The minimum Gasteiger partial charge on any atom is -0.497 e. The van der Waals surface area contributed by atoms with Crippen LogP contribution in [0.1, 0.15) is 32.8 Å². The monoisotopic (exact) mass is 601 g/mol. The molecule has 0 radical (unpaired) electrons. The van der Waals surface area contributed by atoms with Crippen molar-refractivity contribution >= 4 is 39.1 Å². The van der Waals surface area contributed by atoms with Gasteiger partial charge in [0.2, 0.25) is 11.8 Å². The molecule has 0 unspecified atom stereocenters. The minimum atomic E-state index is -4.27. The molecule has 0 fully saturated rings. The van der Waals surface area contributed by atoms with E-state index in [1.165, 1.54) is 43.4 Å². The van der Waals surface area contributed by atoms with Gasteiger partial charge in [0.15, 0.2) is 0 Å². The topological polar surface area (TPSA) is 105 Å². The summed E-state index contributed by atoms with van der Waals surface area (Å²) >= 11 is 6.41. The molecule has 3 aromatic carbocycles. The van der Waals surface area contributed by atoms with Crippen molar-refractivity contribution in [2.45, 2.75) is 50.7 Å². The van der Waals surface area contributed by atoms with Gasteiger partial charge in [-0.2, -0.15) is 0 Å². The zero-order valence-corrected chi connectivity index (χ0v) is 25.4. The van der Waals surface area contributed by atoms with Crippen LogP contribution in [0.5, 0.6) is 11.5 Å². The molecule has 11 heteroatoms. The van der Waals surface area contributed by atoms with E-state index in [-0.39, 0.29) is 34.8 Å². The van der Waals surface area contributed by atoms with Crippen LogP contribution in [0.25, 0.3) is 0 Å². The van der Waals surface area contributed by atoms with Gasteiger partial charge in [0.1, 0.15) is 24.1 Å². The largest absolute Gasteiger partial charge is 0.497 e. The van der Waals surface area contributed by atoms with Crippen molar-refractivity contribution in [3.8, 4) is 11.5 Å². The number of nitrogens with one attached hydrogen (secondary N) is 1. The van der Waals surface area contributed by atoms with E-state index in [4.69, 9.17) is 21.1 Å². The lowest BCUT2D eigenvalue weighted by atomic mass is 10.1. The van der Waals surface area contributed by atoms with E-state index in [0.717, 1.165) is 4.31 Å². The number of benzene rings is 3. The fraction of sp³-hybridized carbons (Fsp3) is 0.333. The number of carbonyl (C=O) groups excluding carboxylic acids is 2. The summed E-state index contributed by atoms with van der Waals surface area (Å²) < 4.78 is 39.7. The highest BCUT2D eigenvalue weighted by Crippen LogP contribution is 2.33. The van der Waals surface area contributed by atoms with Crippen LogP contribution in [0, 0.1) is 0 Å². The highest BCUT2D eigenvalue weighted by atomic mass is 35.5. The van der Waals surface area contributed by atoms with Crippen molar-refractivity contribution in [3.63, 3.8) is 0 Å². The van der Waals surface area contributed by atoms with Crippen LogP contribution in [-0.2, 0) is 26.2 Å². The molecule has 0 aliphatic heterocycles. The van der Waals surface area contributed by atoms with E-state index in [1.807, 2.05) is 13.8 Å². The van der Waals surface area contributed by atoms with Crippen molar-refractivity contribution in [1.82, 2.24) is 10.2 Å². The molecular weight excluding hydrogens is 566 g/mol. The number of nitrogens with zero attached hydrogens (tertiary/aromatic N) is 2. The van der Waals surface area contributed by atoms with Crippen molar-refractivity contribution in [2.24, 2.45) is 0 Å². The Kier molecular flexibility index (Phi) is 11.0. The van der Waals surface area contributed by atoms with Gasteiger partial charge >= 0.3 is 0 Å². The Labute approximate surface area is 247 Å². The molecule has 220 valence electrons. The molecule has 1 N–H and O–H groups in total. The fourth-order valence-electron chi connectivity index (χ4n) is 4.08. The van der Waals surface area contributed by atoms with E-state index in [9.17, 15) is 18.0 Å². The summed E-state index contributed by atoms with van der Waals surface area (Å²) in [4.78, 5) is 28.5. The van der Waals surface area contributed by atoms with Crippen LogP contribution >= 0.6 is 11.6 Å². The second-order valence-corrected chi connectivity index (χ2v) is 11.7. The highest BCUT2D eigenvalue weighted by Gasteiger charge is 2.34. The van der Waals surface area contributed by atoms with E-state index in [2.05, 4.69) is 5.32 Å². The van der Waals surface area contributed by atoms with Gasteiger partial charge in [-0.25, -0.2) is 8.42 Å². The molecule has 0 heterocycles. The Balaban J connectivity index is 2.08. The molecule has 3 rings (SSSR count). The van der Waals surface area contributed by atoms with Crippen molar-refractivity contribution < 1.29 is 27.5 Å². The van der Waals surface area contributed by atoms with Gasteiger partial charge < -0.3 is 19.7 Å². The van der Waals surface area contributed by atoms with Crippen LogP contribution in [0.15, 0.2) is 77.7 Å². The predicted molar refractivity (Wildman–Crippen MR) is 160 cm³/mol. The zero-order chi connectivity index (χ0) is 30.2. The molecule has 0 spiro atoms. The molecule has 0 aromatic heterocycles. The van der Waals surface area contributed by atoms with Gasteiger partial charge in [0, 0.05) is 17.6 Å². The summed E-state index contributed by atoms with van der Waals surface area (Å²) in [6.45, 7) is 4.82. The van der Waals surface area contributed by atoms with Crippen molar-refractivity contribution in [2.75, 3.05) is 25.1 Å². The summed E-state index contributed by atoms with van der Waals surface area (Å²) in [7, 11) is -1.36. The standard InChI is InChI=1S/C30H36ClN3O6S/c1-6-21(2)32-30(36)22(3)33(19-23-11-7-8-12-26(23)31)29(35)20-34(27-13-9-10-14-28(27)40-5)41(37,38)25-17-15-24(39-4)16-18-25/h7-18,21-22H,6,19-20H2,1-5H3,(H,32,36)/t21-,22-/m0/s1. The maximum atomic E-state index is 14.1. The maximum Gasteiger partial charge on any atom is 0.264 e. The number of ether oxygens (including phenoxy) is 2. The van der Waals surface area contributed by atoms with Crippen LogP contribution in [-0.4, -0.2) is 58.0 Å². The van der Waals surface area contributed by atoms with Gasteiger partial charge in [-0.1, -0.05) is 48.9 Å². The van der Waals surface area contributed by atoms with Crippen LogP contribution < -0.4 is 19.1 Å². The molecule has 9 nitrogen and oxygen atoms in total. The third-order valence-corrected chi connectivity index (χ3v) is 8.89. The molecular formula is C30H36ClN3O6S. The first kappa shape index (κ1) is 31.8. The Morgan fingerprint density at radius 2 is 1.56 bits per heavy atom. The number of anilines is 1. The first-order valence-electron chi connectivity index (χ1n) is 13.2. The summed E-state index contributed by atoms with van der Waals surface area (Å²) in [6, 6.07) is 18.4. The Hall–Kier alpha value is -3.76. The first-order valence-corrected chi connectivity index (χ1v) is 15.0. The summed E-state index contributed by atoms with van der Waals surface area (Å²) in [5, 5.41) is 3.33. The summed E-state index contributed by atoms with van der Waals surface area (Å²) in [5.74, 6) is -0.213. The van der Waals surface area contributed by atoms with Gasteiger partial charge in [0.05, 0.1) is 24.8 Å². The molecule has 3 aromatic rings. The number of sulfonamides is 1. The van der Waals surface area contributed by atoms with Gasteiger partial charge in [-0.15, -0.1) is 0 Å². The number of hydrogen-bond donors (Lipinski definition) is 1. The lowest BCUT2D eigenvalue weighted by Gasteiger charge is -2.33. The smallest absolute Gasteiger partial charge is 0.264 e. The number of para-hydroxylation sites is 2. The Morgan fingerprint density at radius 1 is 0.927 bits per heavy atom. The molecule has 0 bridgehead atoms. The number of amides is 2. The molecule has 0 saturated carbocycles. The predicted octanol–water partition coefficient (Wildman–Crippen LogP) is 4.88. The molecule has 0 saturated heterocycles. The molecule has 0 aliphatic rings. The van der Waals surface area contributed by atoms with Crippen LogP contribution in [0.4, 0.5) is 5.69 Å². The average molecular weight is 602 g/mol. The van der Waals surface area contributed by atoms with E-state index in [0.29, 0.717) is 22.8 Å². The van der Waals surface area contributed by atoms with E-state index >= 15 is 0 Å². The lowest BCUT2D eigenvalue weighted by molar-refractivity contribution is -0.139. The molecule has 2 amide bonds. The fourth-order valence-corrected chi connectivity index (χ4v) is 5.70. The molecule has 0 aliphatic carbocycles. The van der Waals surface area contributed by atoms with Crippen molar-refractivity contribution in [1.29, 1.82) is 0 Å². The second-order valence-electron chi connectivity index (χ2n) is 9.47. The van der Waals surface area contributed by atoms with Crippen LogP contribution in [0.2, 0.25) is 5.02 Å². The number of methoxy groups -OCH3 is 2. The highest BCUT2D eigenvalue weighted by molar-refractivity contribution is 7.92. The number of hydrogen-bond acceptors (Lipinski definition) is 6. The Morgan fingerprint density at radius 3 is 2.17 bits per heavy atom. The van der Waals surface area contributed by atoms with Crippen LogP contribution in [0.3, 0.4) is 0 Å². The zero-order valence-electron chi connectivity index (χ0n) is 23.8. The van der Waals surface area contributed by atoms with Gasteiger partial charge in [0.25, 0.3) is 10.0 Å². The lowest BCUT2D eigenvalue weighted by Crippen LogP contribution is -2.52. The average Bonchev–Trinajstić information content (AvgIpc) is 2.98. The third-order valence-electron chi connectivity index (χ3n) is 6.75. The Bertz CT molecular complexity index is 1450. The molecule has 41 heavy (non-hydrogen) atoms. The number of halogens is 1. The summed E-state index contributed by atoms with van der Waals surface area (Å²) in [6.07, 6.45) is 0.707. The minimum absolute atomic E-state index is 0.00402. The maximum absolute atomic E-state index is 14.1. The SMILES string of the molecule is CC[C@H](C)NC(=O)[C@H](C)N(Cc1ccccc1Cl)C(=O)CN(c1ccccc1OC)S(=O)(=O)c1ccc(OC)cc1. The number of carbonyl (C=O) groups is 2. The van der Waals surface area contributed by atoms with E-state index in [1.54, 1.807) is 55.5 Å². The summed E-state index contributed by atoms with van der Waals surface area (Å²) in [5.41, 5.74) is 0.793. The number of rotatable bonds is 13. The second kappa shape index (κ2) is 14.2.